The Kier molecular flexibility index (Phi) is 8.41. The lowest BCUT2D eigenvalue weighted by Crippen LogP contribution is -2.48. The van der Waals surface area contributed by atoms with E-state index in [1.54, 1.807) is 24.7 Å². The van der Waals surface area contributed by atoms with Crippen LogP contribution in [0.4, 0.5) is 0 Å². The van der Waals surface area contributed by atoms with E-state index in [0.29, 0.717) is 31.9 Å². The number of nitrogens with one attached hydrogen (secondary N) is 2. The van der Waals surface area contributed by atoms with Crippen LogP contribution in [0.15, 0.2) is 78.2 Å². The molecule has 2 aromatic carbocycles. The fourth-order valence-electron chi connectivity index (χ4n) is 3.19. The van der Waals surface area contributed by atoms with Gasteiger partial charge in [0.15, 0.2) is 0 Å². The Labute approximate surface area is 188 Å². The van der Waals surface area contributed by atoms with E-state index in [9.17, 15) is 13.2 Å². The molecule has 3 aromatic rings. The highest BCUT2D eigenvalue weighted by Gasteiger charge is 2.26. The first-order chi connectivity index (χ1) is 15.5. The van der Waals surface area contributed by atoms with Crippen molar-refractivity contribution in [3.05, 3.63) is 78.9 Å². The number of hydrogen-bond acceptors (Lipinski definition) is 5. The molecule has 2 N–H and O–H groups in total. The standard InChI is InChI=1S/C23H28N4O4S/c1-2-31-20-9-11-21(12-10-20)32(29,30)26-22(17-19-7-4-3-5-8-19)23(28)25-13-6-15-27-16-14-24-18-27/h3-5,7-12,14,16,18,22,26H,2,6,13,15,17H2,1H3,(H,25,28)/t22-/m1/s1. The third-order valence-electron chi connectivity index (χ3n) is 4.79. The number of sulfonamides is 1. The van der Waals surface area contributed by atoms with Gasteiger partial charge < -0.3 is 14.6 Å². The van der Waals surface area contributed by atoms with Gasteiger partial charge in [0.2, 0.25) is 15.9 Å². The lowest BCUT2D eigenvalue weighted by Gasteiger charge is -2.19. The molecule has 0 saturated heterocycles. The molecule has 0 fully saturated rings. The summed E-state index contributed by atoms with van der Waals surface area (Å²) in [5, 5.41) is 2.85. The maximum absolute atomic E-state index is 12.9. The Morgan fingerprint density at radius 1 is 1.12 bits per heavy atom. The van der Waals surface area contributed by atoms with Crippen LogP contribution in [-0.4, -0.2) is 43.1 Å². The van der Waals surface area contributed by atoms with Crippen molar-refractivity contribution in [3.63, 3.8) is 0 Å². The summed E-state index contributed by atoms with van der Waals surface area (Å²) >= 11 is 0. The highest BCUT2D eigenvalue weighted by Crippen LogP contribution is 2.17. The van der Waals surface area contributed by atoms with E-state index in [1.165, 1.54) is 12.1 Å². The van der Waals surface area contributed by atoms with Gasteiger partial charge in [-0.25, -0.2) is 13.4 Å². The Morgan fingerprint density at radius 3 is 2.53 bits per heavy atom. The topological polar surface area (TPSA) is 102 Å². The third-order valence-corrected chi connectivity index (χ3v) is 6.28. The van der Waals surface area contributed by atoms with E-state index >= 15 is 0 Å². The van der Waals surface area contributed by atoms with Gasteiger partial charge in [-0.15, -0.1) is 0 Å². The molecule has 9 heteroatoms. The maximum atomic E-state index is 12.9. The minimum Gasteiger partial charge on any atom is -0.494 e. The summed E-state index contributed by atoms with van der Waals surface area (Å²) in [7, 11) is -3.90. The molecule has 32 heavy (non-hydrogen) atoms. The van der Waals surface area contributed by atoms with E-state index in [4.69, 9.17) is 4.74 Å². The maximum Gasteiger partial charge on any atom is 0.241 e. The summed E-state index contributed by atoms with van der Waals surface area (Å²) in [5.41, 5.74) is 0.862. The van der Waals surface area contributed by atoms with Crippen molar-refractivity contribution < 1.29 is 17.9 Å². The highest BCUT2D eigenvalue weighted by atomic mass is 32.2. The Balaban J connectivity index is 1.67. The van der Waals surface area contributed by atoms with Crippen LogP contribution in [0.25, 0.3) is 0 Å². The smallest absolute Gasteiger partial charge is 0.241 e. The van der Waals surface area contributed by atoms with Crippen LogP contribution >= 0.6 is 0 Å². The molecule has 170 valence electrons. The first-order valence-electron chi connectivity index (χ1n) is 10.5. The van der Waals surface area contributed by atoms with Crippen molar-refractivity contribution in [1.29, 1.82) is 0 Å². The summed E-state index contributed by atoms with van der Waals surface area (Å²) < 4.78 is 35.8. The number of carbonyl (C=O) groups excluding carboxylic acids is 1. The van der Waals surface area contributed by atoms with Crippen LogP contribution < -0.4 is 14.8 Å². The van der Waals surface area contributed by atoms with Crippen LogP contribution in [0.5, 0.6) is 5.75 Å². The average Bonchev–Trinajstić information content (AvgIpc) is 3.31. The summed E-state index contributed by atoms with van der Waals surface area (Å²) in [6.45, 7) is 3.48. The second-order valence-electron chi connectivity index (χ2n) is 7.21. The number of hydrogen-bond donors (Lipinski definition) is 2. The fourth-order valence-corrected chi connectivity index (χ4v) is 4.39. The molecule has 0 spiro atoms. The van der Waals surface area contributed by atoms with Crippen LogP contribution in [0.1, 0.15) is 18.9 Å². The van der Waals surface area contributed by atoms with E-state index in [0.717, 1.165) is 5.56 Å². The molecule has 1 amide bonds. The molecule has 1 aromatic heterocycles. The van der Waals surface area contributed by atoms with Crippen molar-refractivity contribution in [2.24, 2.45) is 0 Å². The largest absolute Gasteiger partial charge is 0.494 e. The Morgan fingerprint density at radius 2 is 1.88 bits per heavy atom. The van der Waals surface area contributed by atoms with Gasteiger partial charge in [0.25, 0.3) is 0 Å². The van der Waals surface area contributed by atoms with Crippen LogP contribution in [0.2, 0.25) is 0 Å². The van der Waals surface area contributed by atoms with Gasteiger partial charge in [0, 0.05) is 25.5 Å². The van der Waals surface area contributed by atoms with Crippen LogP contribution in [-0.2, 0) is 27.8 Å². The second kappa shape index (κ2) is 11.4. The molecular formula is C23H28N4O4S. The van der Waals surface area contributed by atoms with Gasteiger partial charge in [-0.1, -0.05) is 30.3 Å². The quantitative estimate of drug-likeness (QED) is 0.408. The molecule has 8 nitrogen and oxygen atoms in total. The minimum atomic E-state index is -3.90. The van der Waals surface area contributed by atoms with Gasteiger partial charge in [-0.05, 0) is 49.6 Å². The van der Waals surface area contributed by atoms with E-state index in [-0.39, 0.29) is 17.2 Å². The highest BCUT2D eigenvalue weighted by molar-refractivity contribution is 7.89. The molecule has 0 saturated carbocycles. The number of nitrogens with zero attached hydrogens (tertiary/aromatic N) is 2. The van der Waals surface area contributed by atoms with Crippen molar-refractivity contribution in [1.82, 2.24) is 19.6 Å². The summed E-state index contributed by atoms with van der Waals surface area (Å²) in [6, 6.07) is 14.5. The molecule has 0 bridgehead atoms. The Hall–Kier alpha value is -3.17. The third kappa shape index (κ3) is 6.93. The number of amides is 1. The zero-order valence-corrected chi connectivity index (χ0v) is 18.8. The number of rotatable bonds is 12. The van der Waals surface area contributed by atoms with E-state index in [1.807, 2.05) is 48.0 Å². The number of carbonyl (C=O) groups is 1. The zero-order valence-electron chi connectivity index (χ0n) is 18.0. The number of aromatic nitrogens is 2. The van der Waals surface area contributed by atoms with E-state index in [2.05, 4.69) is 15.0 Å². The predicted octanol–water partition coefficient (Wildman–Crippen LogP) is 2.38. The van der Waals surface area contributed by atoms with Gasteiger partial charge in [0.05, 0.1) is 17.8 Å². The minimum absolute atomic E-state index is 0.0759. The molecule has 1 heterocycles. The van der Waals surface area contributed by atoms with Gasteiger partial charge >= 0.3 is 0 Å². The first-order valence-corrected chi connectivity index (χ1v) is 12.0. The van der Waals surface area contributed by atoms with Crippen molar-refractivity contribution >= 4 is 15.9 Å². The van der Waals surface area contributed by atoms with Crippen molar-refractivity contribution in [2.75, 3.05) is 13.2 Å². The lowest BCUT2D eigenvalue weighted by atomic mass is 10.1. The van der Waals surface area contributed by atoms with Crippen molar-refractivity contribution in [2.45, 2.75) is 37.2 Å². The van der Waals surface area contributed by atoms with E-state index < -0.39 is 16.1 Å². The monoisotopic (exact) mass is 456 g/mol. The lowest BCUT2D eigenvalue weighted by molar-refractivity contribution is -0.122. The molecular weight excluding hydrogens is 428 g/mol. The second-order valence-corrected chi connectivity index (χ2v) is 8.93. The SMILES string of the molecule is CCOc1ccc(S(=O)(=O)N[C@H](Cc2ccccc2)C(=O)NCCCn2ccnc2)cc1. The predicted molar refractivity (Wildman–Crippen MR) is 122 cm³/mol. The van der Waals surface area contributed by atoms with Crippen molar-refractivity contribution in [3.8, 4) is 5.75 Å². The number of aryl methyl sites for hydroxylation is 1. The Bertz CT molecular complexity index is 1070. The molecule has 0 aliphatic rings. The molecule has 0 aliphatic carbocycles. The number of imidazole rings is 1. The van der Waals surface area contributed by atoms with Crippen LogP contribution in [0, 0.1) is 0 Å². The number of ether oxygens (including phenoxy) is 1. The summed E-state index contributed by atoms with van der Waals surface area (Å²) in [6.07, 6.45) is 6.20. The fraction of sp³-hybridized carbons (Fsp3) is 0.304. The zero-order chi connectivity index (χ0) is 22.8. The van der Waals surface area contributed by atoms with Gasteiger partial charge in [-0.3, -0.25) is 4.79 Å². The van der Waals surface area contributed by atoms with Gasteiger partial charge in [0.1, 0.15) is 11.8 Å². The molecule has 0 aliphatic heterocycles. The normalized spacial score (nSPS) is 12.3. The average molecular weight is 457 g/mol. The molecule has 0 unspecified atom stereocenters. The van der Waals surface area contributed by atoms with Gasteiger partial charge in [-0.2, -0.15) is 4.72 Å². The number of benzene rings is 2. The first kappa shape index (κ1) is 23.5. The molecule has 3 rings (SSSR count). The summed E-state index contributed by atoms with van der Waals surface area (Å²) in [4.78, 5) is 16.9. The molecule has 1 atom stereocenters. The molecule has 0 radical (unpaired) electrons. The summed E-state index contributed by atoms with van der Waals surface area (Å²) in [5.74, 6) is 0.219. The van der Waals surface area contributed by atoms with Crippen LogP contribution in [0.3, 0.4) is 0 Å².